The Morgan fingerprint density at radius 3 is 2.40 bits per heavy atom. The van der Waals surface area contributed by atoms with E-state index >= 15 is 0 Å². The molecule has 0 spiro atoms. The summed E-state index contributed by atoms with van der Waals surface area (Å²) >= 11 is 5.79. The second kappa shape index (κ2) is 3.22. The SMILES string of the molecule is Cc1ccc([SiH2]Cl)cc1C. The fourth-order valence-electron chi connectivity index (χ4n) is 0.887. The summed E-state index contributed by atoms with van der Waals surface area (Å²) in [5.41, 5.74) is 2.70. The second-order valence-electron chi connectivity index (χ2n) is 2.55. The topological polar surface area (TPSA) is 0 Å². The standard InChI is InChI=1S/C8H11ClSi/c1-6-3-4-8(10-9)5-7(6)2/h3-5H,10H2,1-2H3. The molecule has 10 heavy (non-hydrogen) atoms. The number of aryl methyl sites for hydroxylation is 2. The highest BCUT2D eigenvalue weighted by Gasteiger charge is 1.93. The highest BCUT2D eigenvalue weighted by molar-refractivity contribution is 7.01. The van der Waals surface area contributed by atoms with Gasteiger partial charge in [0.1, 0.15) is 0 Å². The Kier molecular flexibility index (Phi) is 2.52. The highest BCUT2D eigenvalue weighted by Crippen LogP contribution is 2.02. The fraction of sp³-hybridized carbons (Fsp3) is 0.250. The van der Waals surface area contributed by atoms with Gasteiger partial charge in [-0.05, 0) is 30.2 Å². The summed E-state index contributed by atoms with van der Waals surface area (Å²) in [6.45, 7) is 4.24. The molecule has 1 aromatic rings. The van der Waals surface area contributed by atoms with Gasteiger partial charge in [-0.3, -0.25) is 0 Å². The summed E-state index contributed by atoms with van der Waals surface area (Å²) in [6.07, 6.45) is 0. The molecular formula is C8H11ClSi. The average molecular weight is 171 g/mol. The minimum absolute atomic E-state index is 0.474. The quantitative estimate of drug-likeness (QED) is 0.440. The molecule has 1 aromatic carbocycles. The number of benzene rings is 1. The Bertz CT molecular complexity index is 233. The van der Waals surface area contributed by atoms with Gasteiger partial charge in [0.05, 0.1) is 0 Å². The van der Waals surface area contributed by atoms with E-state index in [4.69, 9.17) is 11.1 Å². The van der Waals surface area contributed by atoms with Crippen LogP contribution in [-0.2, 0) is 0 Å². The van der Waals surface area contributed by atoms with Crippen LogP contribution in [0.3, 0.4) is 0 Å². The van der Waals surface area contributed by atoms with E-state index in [1.807, 2.05) is 0 Å². The van der Waals surface area contributed by atoms with Gasteiger partial charge in [0.25, 0.3) is 0 Å². The highest BCUT2D eigenvalue weighted by atomic mass is 35.6. The molecule has 2 heteroatoms. The molecule has 0 fully saturated rings. The molecule has 54 valence electrons. The van der Waals surface area contributed by atoms with Crippen molar-refractivity contribution in [3.63, 3.8) is 0 Å². The van der Waals surface area contributed by atoms with Gasteiger partial charge < -0.3 is 0 Å². The predicted molar refractivity (Wildman–Crippen MR) is 49.9 cm³/mol. The van der Waals surface area contributed by atoms with Gasteiger partial charge in [-0.2, -0.15) is 11.1 Å². The zero-order chi connectivity index (χ0) is 7.56. The van der Waals surface area contributed by atoms with Crippen LogP contribution in [0.4, 0.5) is 0 Å². The molecule has 1 rings (SSSR count). The maximum absolute atomic E-state index is 5.79. The molecule has 0 unspecified atom stereocenters. The molecular weight excluding hydrogens is 160 g/mol. The molecule has 0 amide bonds. The van der Waals surface area contributed by atoms with E-state index < -0.39 is 8.83 Å². The van der Waals surface area contributed by atoms with Crippen LogP contribution in [0, 0.1) is 13.8 Å². The van der Waals surface area contributed by atoms with E-state index in [0.29, 0.717) is 0 Å². The van der Waals surface area contributed by atoms with Crippen molar-refractivity contribution in [2.75, 3.05) is 0 Å². The first kappa shape index (κ1) is 7.83. The molecule has 0 aromatic heterocycles. The molecule has 0 aliphatic carbocycles. The first-order chi connectivity index (χ1) is 4.74. The Morgan fingerprint density at radius 1 is 1.20 bits per heavy atom. The summed E-state index contributed by atoms with van der Waals surface area (Å²) < 4.78 is 0. The van der Waals surface area contributed by atoms with Gasteiger partial charge in [0, 0.05) is 0 Å². The van der Waals surface area contributed by atoms with Crippen molar-refractivity contribution in [2.24, 2.45) is 0 Å². The van der Waals surface area contributed by atoms with E-state index in [9.17, 15) is 0 Å². The van der Waals surface area contributed by atoms with E-state index in [1.54, 1.807) is 0 Å². The number of hydrogen-bond donors (Lipinski definition) is 0. The van der Waals surface area contributed by atoms with Crippen LogP contribution in [0.25, 0.3) is 0 Å². The van der Waals surface area contributed by atoms with Gasteiger partial charge in [0.2, 0.25) is 0 Å². The molecule has 0 atom stereocenters. The number of hydrogen-bond acceptors (Lipinski definition) is 0. The maximum atomic E-state index is 5.79. The lowest BCUT2D eigenvalue weighted by molar-refractivity contribution is 1.35. The largest absolute Gasteiger partial charge is 0.170 e. The Hall–Kier alpha value is -0.273. The lowest BCUT2D eigenvalue weighted by Crippen LogP contribution is -2.08. The van der Waals surface area contributed by atoms with Crippen LogP contribution >= 0.6 is 11.1 Å². The van der Waals surface area contributed by atoms with Crippen molar-refractivity contribution in [2.45, 2.75) is 13.8 Å². The van der Waals surface area contributed by atoms with Gasteiger partial charge in [0.15, 0.2) is 8.83 Å². The fourth-order valence-corrected chi connectivity index (χ4v) is 1.98. The van der Waals surface area contributed by atoms with Crippen LogP contribution in [0.15, 0.2) is 18.2 Å². The lowest BCUT2D eigenvalue weighted by atomic mass is 10.1. The monoisotopic (exact) mass is 170 g/mol. The lowest BCUT2D eigenvalue weighted by Gasteiger charge is -2.00. The molecule has 0 aliphatic heterocycles. The van der Waals surface area contributed by atoms with Crippen molar-refractivity contribution in [3.05, 3.63) is 29.3 Å². The van der Waals surface area contributed by atoms with Crippen LogP contribution < -0.4 is 5.19 Å². The molecule has 0 heterocycles. The summed E-state index contributed by atoms with van der Waals surface area (Å²) in [5.74, 6) is 0. The zero-order valence-electron chi connectivity index (χ0n) is 6.32. The number of rotatable bonds is 1. The van der Waals surface area contributed by atoms with Gasteiger partial charge in [-0.1, -0.05) is 18.2 Å². The minimum Gasteiger partial charge on any atom is -0.170 e. The van der Waals surface area contributed by atoms with Crippen molar-refractivity contribution < 1.29 is 0 Å². The maximum Gasteiger partial charge on any atom is 0.155 e. The van der Waals surface area contributed by atoms with Crippen molar-refractivity contribution in [1.82, 2.24) is 0 Å². The third kappa shape index (κ3) is 1.61. The van der Waals surface area contributed by atoms with Gasteiger partial charge in [-0.15, -0.1) is 0 Å². The van der Waals surface area contributed by atoms with E-state index in [2.05, 4.69) is 32.0 Å². The Balaban J connectivity index is 3.04. The molecule has 0 bridgehead atoms. The van der Waals surface area contributed by atoms with Crippen molar-refractivity contribution in [3.8, 4) is 0 Å². The summed E-state index contributed by atoms with van der Waals surface area (Å²) in [6, 6.07) is 6.45. The van der Waals surface area contributed by atoms with Crippen LogP contribution in [0.2, 0.25) is 0 Å². The normalized spacial score (nSPS) is 11.1. The zero-order valence-corrected chi connectivity index (χ0v) is 8.49. The van der Waals surface area contributed by atoms with E-state index in [0.717, 1.165) is 0 Å². The molecule has 0 radical (unpaired) electrons. The second-order valence-corrected chi connectivity index (χ2v) is 4.44. The summed E-state index contributed by atoms with van der Waals surface area (Å²) in [7, 11) is -0.474. The van der Waals surface area contributed by atoms with Crippen LogP contribution in [0.1, 0.15) is 11.1 Å². The molecule has 0 aliphatic rings. The molecule has 0 saturated carbocycles. The molecule has 0 N–H and O–H groups in total. The van der Waals surface area contributed by atoms with Crippen molar-refractivity contribution >= 4 is 25.1 Å². The Labute approximate surface area is 68.7 Å². The predicted octanol–water partition coefficient (Wildman–Crippen LogP) is 1.25. The summed E-state index contributed by atoms with van der Waals surface area (Å²) in [5, 5.41) is 1.34. The smallest absolute Gasteiger partial charge is 0.155 e. The third-order valence-electron chi connectivity index (χ3n) is 1.73. The Morgan fingerprint density at radius 2 is 1.90 bits per heavy atom. The molecule has 0 nitrogen and oxygen atoms in total. The van der Waals surface area contributed by atoms with Gasteiger partial charge in [-0.25, -0.2) is 0 Å². The molecule has 0 saturated heterocycles. The van der Waals surface area contributed by atoms with E-state index in [1.165, 1.54) is 16.3 Å². The van der Waals surface area contributed by atoms with E-state index in [-0.39, 0.29) is 0 Å². The van der Waals surface area contributed by atoms with Gasteiger partial charge >= 0.3 is 0 Å². The van der Waals surface area contributed by atoms with Crippen molar-refractivity contribution in [1.29, 1.82) is 0 Å². The average Bonchev–Trinajstić information content (AvgIpc) is 1.95. The number of halogens is 1. The van der Waals surface area contributed by atoms with Crippen LogP contribution in [0.5, 0.6) is 0 Å². The minimum atomic E-state index is -0.474. The third-order valence-corrected chi connectivity index (χ3v) is 3.40. The summed E-state index contributed by atoms with van der Waals surface area (Å²) in [4.78, 5) is 0. The first-order valence-electron chi connectivity index (χ1n) is 3.36. The first-order valence-corrected chi connectivity index (χ1v) is 6.20. The van der Waals surface area contributed by atoms with Crippen LogP contribution in [-0.4, -0.2) is 8.83 Å².